The molecule has 0 radical (unpaired) electrons. The van der Waals surface area contributed by atoms with Crippen molar-refractivity contribution in [3.05, 3.63) is 51.9 Å². The monoisotopic (exact) mass is 295 g/mol. The van der Waals surface area contributed by atoms with Crippen LogP contribution < -0.4 is 4.74 Å². The molecule has 88 valence electrons. The molecule has 0 fully saturated rings. The Labute approximate surface area is 108 Å². The number of rotatable bonds is 2. The molecule has 0 bridgehead atoms. The third-order valence-corrected chi connectivity index (χ3v) is 3.19. The van der Waals surface area contributed by atoms with Crippen LogP contribution in [0.3, 0.4) is 0 Å². The molecule has 1 heterocycles. The fourth-order valence-electron chi connectivity index (χ4n) is 1.42. The molecule has 0 amide bonds. The smallest absolute Gasteiger partial charge is 0.219 e. The second-order valence-electron chi connectivity index (χ2n) is 3.73. The predicted molar refractivity (Wildman–Crippen MR) is 67.9 cm³/mol. The van der Waals surface area contributed by atoms with Crippen molar-refractivity contribution in [2.45, 2.75) is 13.8 Å². The molecule has 0 N–H and O–H groups in total. The van der Waals surface area contributed by atoms with E-state index in [1.807, 2.05) is 13.0 Å². The minimum atomic E-state index is -0.269. The average molecular weight is 296 g/mol. The zero-order chi connectivity index (χ0) is 12.4. The Morgan fingerprint density at radius 2 is 1.94 bits per heavy atom. The summed E-state index contributed by atoms with van der Waals surface area (Å²) in [6, 6.07) is 8.04. The van der Waals surface area contributed by atoms with Crippen LogP contribution in [0.4, 0.5) is 4.39 Å². The molecule has 4 heteroatoms. The van der Waals surface area contributed by atoms with E-state index in [4.69, 9.17) is 4.74 Å². The van der Waals surface area contributed by atoms with Crippen molar-refractivity contribution in [3.63, 3.8) is 0 Å². The first-order valence-corrected chi connectivity index (χ1v) is 5.93. The van der Waals surface area contributed by atoms with E-state index < -0.39 is 0 Å². The van der Waals surface area contributed by atoms with Gasteiger partial charge in [-0.25, -0.2) is 9.37 Å². The van der Waals surface area contributed by atoms with Crippen LogP contribution in [-0.2, 0) is 0 Å². The largest absolute Gasteiger partial charge is 0.439 e. The maximum atomic E-state index is 12.9. The Morgan fingerprint density at radius 1 is 1.18 bits per heavy atom. The standard InChI is InChI=1S/C13H11BrFNO/c1-8-7-10(15)3-5-12(8)17-13-6-4-11(14)9(2)16-13/h3-7H,1-2H3. The summed E-state index contributed by atoms with van der Waals surface area (Å²) < 4.78 is 19.5. The van der Waals surface area contributed by atoms with E-state index in [9.17, 15) is 4.39 Å². The Kier molecular flexibility index (Phi) is 3.43. The quantitative estimate of drug-likeness (QED) is 0.820. The van der Waals surface area contributed by atoms with Gasteiger partial charge in [0.25, 0.3) is 0 Å². The van der Waals surface area contributed by atoms with E-state index >= 15 is 0 Å². The van der Waals surface area contributed by atoms with Crippen molar-refractivity contribution >= 4 is 15.9 Å². The highest BCUT2D eigenvalue weighted by molar-refractivity contribution is 9.10. The summed E-state index contributed by atoms with van der Waals surface area (Å²) >= 11 is 3.37. The third-order valence-electron chi connectivity index (χ3n) is 2.35. The van der Waals surface area contributed by atoms with Gasteiger partial charge in [-0.3, -0.25) is 0 Å². The van der Waals surface area contributed by atoms with Crippen molar-refractivity contribution in [2.75, 3.05) is 0 Å². The number of aryl methyl sites for hydroxylation is 2. The fourth-order valence-corrected chi connectivity index (χ4v) is 1.64. The number of halogens is 2. The number of ether oxygens (including phenoxy) is 1. The number of nitrogens with zero attached hydrogens (tertiary/aromatic N) is 1. The molecule has 1 aromatic carbocycles. The molecule has 2 nitrogen and oxygen atoms in total. The Hall–Kier alpha value is -1.42. The Morgan fingerprint density at radius 3 is 2.59 bits per heavy atom. The number of benzene rings is 1. The minimum absolute atomic E-state index is 0.269. The van der Waals surface area contributed by atoms with E-state index in [1.54, 1.807) is 19.1 Å². The lowest BCUT2D eigenvalue weighted by Crippen LogP contribution is -1.92. The van der Waals surface area contributed by atoms with E-state index in [2.05, 4.69) is 20.9 Å². The van der Waals surface area contributed by atoms with Crippen LogP contribution in [-0.4, -0.2) is 4.98 Å². The zero-order valence-electron chi connectivity index (χ0n) is 9.50. The van der Waals surface area contributed by atoms with Gasteiger partial charge in [0.2, 0.25) is 5.88 Å². The van der Waals surface area contributed by atoms with Gasteiger partial charge in [-0.2, -0.15) is 0 Å². The molecule has 0 spiro atoms. The van der Waals surface area contributed by atoms with Crippen LogP contribution in [0.15, 0.2) is 34.8 Å². The van der Waals surface area contributed by atoms with Gasteiger partial charge in [-0.05, 0) is 59.6 Å². The van der Waals surface area contributed by atoms with Crippen LogP contribution in [0, 0.1) is 19.7 Å². The van der Waals surface area contributed by atoms with Crippen LogP contribution >= 0.6 is 15.9 Å². The van der Waals surface area contributed by atoms with Crippen molar-refractivity contribution in [1.29, 1.82) is 0 Å². The molecule has 0 unspecified atom stereocenters. The van der Waals surface area contributed by atoms with E-state index in [-0.39, 0.29) is 5.82 Å². The number of aromatic nitrogens is 1. The lowest BCUT2D eigenvalue weighted by molar-refractivity contribution is 0.456. The van der Waals surface area contributed by atoms with Gasteiger partial charge >= 0.3 is 0 Å². The maximum absolute atomic E-state index is 12.9. The van der Waals surface area contributed by atoms with Gasteiger partial charge in [-0.1, -0.05) is 0 Å². The summed E-state index contributed by atoms with van der Waals surface area (Å²) in [6.45, 7) is 3.68. The molecular weight excluding hydrogens is 285 g/mol. The van der Waals surface area contributed by atoms with Crippen LogP contribution in [0.2, 0.25) is 0 Å². The van der Waals surface area contributed by atoms with Gasteiger partial charge in [0.1, 0.15) is 11.6 Å². The van der Waals surface area contributed by atoms with E-state index in [1.165, 1.54) is 12.1 Å². The summed E-state index contributed by atoms with van der Waals surface area (Å²) in [4.78, 5) is 4.27. The predicted octanol–water partition coefficient (Wildman–Crippen LogP) is 4.39. The first-order valence-electron chi connectivity index (χ1n) is 5.13. The third kappa shape index (κ3) is 2.82. The van der Waals surface area contributed by atoms with Gasteiger partial charge in [-0.15, -0.1) is 0 Å². The molecule has 17 heavy (non-hydrogen) atoms. The summed E-state index contributed by atoms with van der Waals surface area (Å²) in [5, 5.41) is 0. The summed E-state index contributed by atoms with van der Waals surface area (Å²) in [6.07, 6.45) is 0. The van der Waals surface area contributed by atoms with Crippen LogP contribution in [0.25, 0.3) is 0 Å². The van der Waals surface area contributed by atoms with Crippen molar-refractivity contribution < 1.29 is 9.13 Å². The van der Waals surface area contributed by atoms with Crippen molar-refractivity contribution in [3.8, 4) is 11.6 Å². The molecule has 0 aliphatic carbocycles. The van der Waals surface area contributed by atoms with Gasteiger partial charge < -0.3 is 4.74 Å². The lowest BCUT2D eigenvalue weighted by Gasteiger charge is -2.08. The molecule has 0 saturated heterocycles. The topological polar surface area (TPSA) is 22.1 Å². The summed E-state index contributed by atoms with van der Waals surface area (Å²) in [5.74, 6) is 0.843. The lowest BCUT2D eigenvalue weighted by atomic mass is 10.2. The molecular formula is C13H11BrFNO. The normalized spacial score (nSPS) is 10.4. The molecule has 0 aliphatic rings. The highest BCUT2D eigenvalue weighted by atomic mass is 79.9. The SMILES string of the molecule is Cc1cc(F)ccc1Oc1ccc(Br)c(C)n1. The number of pyridine rings is 1. The second kappa shape index (κ2) is 4.84. The number of hydrogen-bond donors (Lipinski definition) is 0. The first-order chi connectivity index (χ1) is 8.06. The Bertz CT molecular complexity index is 557. The van der Waals surface area contributed by atoms with E-state index in [0.717, 1.165) is 15.7 Å². The Balaban J connectivity index is 2.28. The zero-order valence-corrected chi connectivity index (χ0v) is 11.1. The maximum Gasteiger partial charge on any atom is 0.219 e. The molecule has 2 rings (SSSR count). The minimum Gasteiger partial charge on any atom is -0.439 e. The van der Waals surface area contributed by atoms with Crippen molar-refractivity contribution in [1.82, 2.24) is 4.98 Å². The highest BCUT2D eigenvalue weighted by Gasteiger charge is 2.05. The molecule has 0 aliphatic heterocycles. The van der Waals surface area contributed by atoms with E-state index in [0.29, 0.717) is 11.6 Å². The van der Waals surface area contributed by atoms with Gasteiger partial charge in [0.05, 0.1) is 5.69 Å². The number of hydrogen-bond acceptors (Lipinski definition) is 2. The average Bonchev–Trinajstić information content (AvgIpc) is 2.27. The van der Waals surface area contributed by atoms with Crippen molar-refractivity contribution in [2.24, 2.45) is 0 Å². The first kappa shape index (κ1) is 12.0. The molecule has 1 aromatic heterocycles. The van der Waals surface area contributed by atoms with Gasteiger partial charge in [0.15, 0.2) is 0 Å². The van der Waals surface area contributed by atoms with Crippen LogP contribution in [0.1, 0.15) is 11.3 Å². The molecule has 2 aromatic rings. The second-order valence-corrected chi connectivity index (χ2v) is 4.58. The molecule has 0 atom stereocenters. The highest BCUT2D eigenvalue weighted by Crippen LogP contribution is 2.26. The summed E-state index contributed by atoms with van der Waals surface area (Å²) in [7, 11) is 0. The summed E-state index contributed by atoms with van der Waals surface area (Å²) in [5.41, 5.74) is 1.59. The van der Waals surface area contributed by atoms with Gasteiger partial charge in [0, 0.05) is 10.5 Å². The van der Waals surface area contributed by atoms with Crippen LogP contribution in [0.5, 0.6) is 11.6 Å². The fraction of sp³-hybridized carbons (Fsp3) is 0.154. The molecule has 0 saturated carbocycles.